The summed E-state index contributed by atoms with van der Waals surface area (Å²) in [6, 6.07) is 5.29. The van der Waals surface area contributed by atoms with Crippen molar-refractivity contribution in [1.82, 2.24) is 4.90 Å². The van der Waals surface area contributed by atoms with Crippen LogP contribution in [0.5, 0.6) is 5.75 Å². The molecule has 0 aliphatic rings. The van der Waals surface area contributed by atoms with E-state index in [1.165, 1.54) is 29.2 Å². The molecule has 0 spiro atoms. The van der Waals surface area contributed by atoms with E-state index in [0.29, 0.717) is 5.56 Å². The molecule has 0 saturated heterocycles. The summed E-state index contributed by atoms with van der Waals surface area (Å²) in [7, 11) is -1.71. The van der Waals surface area contributed by atoms with Crippen LogP contribution in [-0.4, -0.2) is 50.4 Å². The Hall–Kier alpha value is -1.70. The first-order chi connectivity index (χ1) is 10.5. The molecule has 0 N–H and O–H groups in total. The lowest BCUT2D eigenvalue weighted by atomic mass is 10.1. The Morgan fingerprint density at radius 2 is 1.74 bits per heavy atom. The molecule has 0 fully saturated rings. The van der Waals surface area contributed by atoms with Crippen molar-refractivity contribution in [2.75, 3.05) is 13.3 Å². The Labute approximate surface area is 135 Å². The third-order valence-electron chi connectivity index (χ3n) is 3.86. The van der Waals surface area contributed by atoms with E-state index in [2.05, 4.69) is 4.74 Å². The lowest BCUT2D eigenvalue weighted by Gasteiger charge is -2.29. The van der Waals surface area contributed by atoms with Gasteiger partial charge in [0.15, 0.2) is 9.84 Å². The number of rotatable bonds is 7. The van der Waals surface area contributed by atoms with Gasteiger partial charge in [0.2, 0.25) is 5.91 Å². The molecule has 0 bridgehead atoms. The van der Waals surface area contributed by atoms with Gasteiger partial charge in [-0.1, -0.05) is 12.1 Å². The number of likely N-dealkylation sites (N-methyl/N-ethyl adjacent to an activating group) is 1. The molecule has 8 heteroatoms. The maximum absolute atomic E-state index is 12.2. The monoisotopic (exact) mass is 349 g/mol. The number of halogens is 2. The minimum Gasteiger partial charge on any atom is -0.435 e. The van der Waals surface area contributed by atoms with Gasteiger partial charge in [0.1, 0.15) is 5.75 Å². The van der Waals surface area contributed by atoms with Crippen LogP contribution in [0.4, 0.5) is 8.78 Å². The molecule has 130 valence electrons. The molecule has 1 amide bonds. The number of nitrogens with zero attached hydrogens (tertiary/aromatic N) is 1. The first-order valence-corrected chi connectivity index (χ1v) is 8.96. The highest BCUT2D eigenvalue weighted by Gasteiger charge is 2.27. The lowest BCUT2D eigenvalue weighted by Crippen LogP contribution is -2.45. The number of amides is 1. The first kappa shape index (κ1) is 19.3. The minimum atomic E-state index is -3.25. The van der Waals surface area contributed by atoms with Crippen molar-refractivity contribution in [2.24, 2.45) is 0 Å². The van der Waals surface area contributed by atoms with Gasteiger partial charge in [0.25, 0.3) is 0 Å². The van der Waals surface area contributed by atoms with Crippen LogP contribution in [0.25, 0.3) is 0 Å². The van der Waals surface area contributed by atoms with Crippen LogP contribution in [0.3, 0.4) is 0 Å². The molecule has 2 atom stereocenters. The molecule has 0 saturated carbocycles. The predicted molar refractivity (Wildman–Crippen MR) is 83.3 cm³/mol. The molecule has 23 heavy (non-hydrogen) atoms. The largest absolute Gasteiger partial charge is 0.435 e. The maximum Gasteiger partial charge on any atom is 0.387 e. The number of hydrogen-bond donors (Lipinski definition) is 0. The summed E-state index contributed by atoms with van der Waals surface area (Å²) in [6.45, 7) is 0.329. The van der Waals surface area contributed by atoms with E-state index in [4.69, 9.17) is 0 Å². The van der Waals surface area contributed by atoms with Gasteiger partial charge in [-0.15, -0.1) is 0 Å². The fraction of sp³-hybridized carbons (Fsp3) is 0.533. The highest BCUT2D eigenvalue weighted by Crippen LogP contribution is 2.16. The van der Waals surface area contributed by atoms with Crippen LogP contribution in [0.1, 0.15) is 19.4 Å². The lowest BCUT2D eigenvalue weighted by molar-refractivity contribution is -0.130. The summed E-state index contributed by atoms with van der Waals surface area (Å²) >= 11 is 0. The van der Waals surface area contributed by atoms with E-state index in [-0.39, 0.29) is 18.1 Å². The molecule has 0 aliphatic carbocycles. The average molecular weight is 349 g/mol. The number of sulfone groups is 1. The second-order valence-corrected chi connectivity index (χ2v) is 7.88. The van der Waals surface area contributed by atoms with Crippen LogP contribution in [0.15, 0.2) is 24.3 Å². The summed E-state index contributed by atoms with van der Waals surface area (Å²) in [4.78, 5) is 13.6. The van der Waals surface area contributed by atoms with E-state index < -0.39 is 27.7 Å². The molecule has 0 unspecified atom stereocenters. The zero-order valence-electron chi connectivity index (χ0n) is 13.5. The van der Waals surface area contributed by atoms with Gasteiger partial charge in [-0.2, -0.15) is 8.78 Å². The van der Waals surface area contributed by atoms with Gasteiger partial charge < -0.3 is 9.64 Å². The van der Waals surface area contributed by atoms with Gasteiger partial charge in [-0.3, -0.25) is 4.79 Å². The van der Waals surface area contributed by atoms with Crippen molar-refractivity contribution in [3.05, 3.63) is 29.8 Å². The van der Waals surface area contributed by atoms with Crippen molar-refractivity contribution in [3.63, 3.8) is 0 Å². The summed E-state index contributed by atoms with van der Waals surface area (Å²) in [5.41, 5.74) is 0.627. The summed E-state index contributed by atoms with van der Waals surface area (Å²) in [5, 5.41) is -0.682. The highest BCUT2D eigenvalue weighted by atomic mass is 32.2. The van der Waals surface area contributed by atoms with E-state index in [0.717, 1.165) is 6.26 Å². The fourth-order valence-electron chi connectivity index (χ4n) is 1.99. The quantitative estimate of drug-likeness (QED) is 0.756. The molecule has 1 aromatic carbocycles. The number of benzene rings is 1. The van der Waals surface area contributed by atoms with Gasteiger partial charge in [0, 0.05) is 19.3 Å². The normalized spacial score (nSPS) is 14.4. The number of carbonyl (C=O) groups is 1. The zero-order chi connectivity index (χ0) is 17.8. The van der Waals surface area contributed by atoms with E-state index >= 15 is 0 Å². The van der Waals surface area contributed by atoms with E-state index in [1.807, 2.05) is 0 Å². The standard InChI is InChI=1S/C15H21F2NO4S/c1-10(11(2)23(4,20)21)18(3)14(19)9-12-5-7-13(8-6-12)22-15(16)17/h5-8,10-11,15H,9H2,1-4H3/t10-,11+/m0/s1. The summed E-state index contributed by atoms with van der Waals surface area (Å²) < 4.78 is 51.5. The van der Waals surface area contributed by atoms with E-state index in [9.17, 15) is 22.0 Å². The van der Waals surface area contributed by atoms with Gasteiger partial charge in [0.05, 0.1) is 11.7 Å². The van der Waals surface area contributed by atoms with Crippen molar-refractivity contribution < 1.29 is 26.7 Å². The average Bonchev–Trinajstić information content (AvgIpc) is 2.45. The number of ether oxygens (including phenoxy) is 1. The van der Waals surface area contributed by atoms with Crippen LogP contribution < -0.4 is 4.74 Å². The molecule has 5 nitrogen and oxygen atoms in total. The van der Waals surface area contributed by atoms with E-state index in [1.54, 1.807) is 20.9 Å². The maximum atomic E-state index is 12.2. The Bertz CT molecular complexity index is 631. The molecule has 1 aromatic rings. The first-order valence-electron chi connectivity index (χ1n) is 7.00. The third-order valence-corrected chi connectivity index (χ3v) is 5.61. The molecule has 0 radical (unpaired) electrons. The second kappa shape index (κ2) is 7.72. The van der Waals surface area contributed by atoms with Crippen molar-refractivity contribution >= 4 is 15.7 Å². The van der Waals surface area contributed by atoms with Gasteiger partial charge >= 0.3 is 6.61 Å². The highest BCUT2D eigenvalue weighted by molar-refractivity contribution is 7.91. The fourth-order valence-corrected chi connectivity index (χ4v) is 2.89. The van der Waals surface area contributed by atoms with Crippen LogP contribution >= 0.6 is 0 Å². The smallest absolute Gasteiger partial charge is 0.387 e. The molecule has 0 aromatic heterocycles. The summed E-state index contributed by atoms with van der Waals surface area (Å²) in [5.74, 6) is -0.237. The van der Waals surface area contributed by atoms with Crippen LogP contribution in [-0.2, 0) is 21.1 Å². The minimum absolute atomic E-state index is 0.0172. The Morgan fingerprint density at radius 1 is 1.22 bits per heavy atom. The van der Waals surface area contributed by atoms with Crippen molar-refractivity contribution in [3.8, 4) is 5.75 Å². The Morgan fingerprint density at radius 3 is 2.17 bits per heavy atom. The molecule has 1 rings (SSSR count). The number of carbonyl (C=O) groups excluding carboxylic acids is 1. The van der Waals surface area contributed by atoms with Gasteiger partial charge in [-0.05, 0) is 31.5 Å². The molecular formula is C15H21F2NO4S. The third kappa shape index (κ3) is 5.78. The second-order valence-electron chi connectivity index (χ2n) is 5.48. The van der Waals surface area contributed by atoms with Crippen LogP contribution in [0, 0.1) is 0 Å². The van der Waals surface area contributed by atoms with Gasteiger partial charge in [-0.25, -0.2) is 8.42 Å². The van der Waals surface area contributed by atoms with Crippen molar-refractivity contribution in [1.29, 1.82) is 0 Å². The van der Waals surface area contributed by atoms with Crippen molar-refractivity contribution in [2.45, 2.75) is 38.2 Å². The SMILES string of the molecule is C[C@H]([C@H](C)N(C)C(=O)Cc1ccc(OC(F)F)cc1)S(C)(=O)=O. The molecule has 0 aliphatic heterocycles. The number of alkyl halides is 2. The Balaban J connectivity index is 2.71. The molecular weight excluding hydrogens is 328 g/mol. The topological polar surface area (TPSA) is 63.7 Å². The number of hydrogen-bond acceptors (Lipinski definition) is 4. The predicted octanol–water partition coefficient (Wildman–Crippen LogP) is 2.11. The molecule has 0 heterocycles. The zero-order valence-corrected chi connectivity index (χ0v) is 14.3. The Kier molecular flexibility index (Phi) is 6.49. The summed E-state index contributed by atoms with van der Waals surface area (Å²) in [6.07, 6.45) is 1.18. The van der Waals surface area contributed by atoms with Crippen LogP contribution in [0.2, 0.25) is 0 Å².